The van der Waals surface area contributed by atoms with Crippen molar-refractivity contribution in [2.24, 2.45) is 0 Å². The lowest BCUT2D eigenvalue weighted by molar-refractivity contribution is -0.125. The van der Waals surface area contributed by atoms with Crippen LogP contribution in [-0.2, 0) is 11.3 Å². The minimum absolute atomic E-state index is 0.117. The smallest absolute Gasteiger partial charge is 0.246 e. The summed E-state index contributed by atoms with van der Waals surface area (Å²) in [4.78, 5) is 18.2. The zero-order valence-electron chi connectivity index (χ0n) is 12.6. The summed E-state index contributed by atoms with van der Waals surface area (Å²) in [7, 11) is 1.72. The van der Waals surface area contributed by atoms with E-state index in [4.69, 9.17) is 0 Å². The third-order valence-electron chi connectivity index (χ3n) is 3.39. The lowest BCUT2D eigenvalue weighted by Crippen LogP contribution is -2.24. The number of para-hydroxylation sites is 1. The van der Waals surface area contributed by atoms with Crippen LogP contribution in [-0.4, -0.2) is 22.8 Å². The van der Waals surface area contributed by atoms with Gasteiger partial charge in [-0.15, -0.1) is 11.3 Å². The van der Waals surface area contributed by atoms with Gasteiger partial charge in [0.05, 0.1) is 10.2 Å². The summed E-state index contributed by atoms with van der Waals surface area (Å²) in [6.45, 7) is 0.434. The Morgan fingerprint density at radius 3 is 2.70 bits per heavy atom. The van der Waals surface area contributed by atoms with Gasteiger partial charge in [0.2, 0.25) is 5.91 Å². The molecular formula is C18H15FN2OS. The monoisotopic (exact) mass is 326 g/mol. The number of carbonyl (C=O) groups excluding carboxylic acids is 1. The summed E-state index contributed by atoms with van der Waals surface area (Å²) in [5.41, 5.74) is 1.82. The minimum atomic E-state index is -0.279. The number of fused-ring (bicyclic) bond motifs is 1. The van der Waals surface area contributed by atoms with E-state index < -0.39 is 0 Å². The van der Waals surface area contributed by atoms with E-state index in [1.165, 1.54) is 18.2 Å². The highest BCUT2D eigenvalue weighted by Crippen LogP contribution is 2.22. The maximum atomic E-state index is 12.9. The molecule has 1 amide bonds. The number of rotatable bonds is 4. The maximum absolute atomic E-state index is 12.9. The first-order chi connectivity index (χ1) is 11.1. The zero-order valence-corrected chi connectivity index (χ0v) is 13.4. The third-order valence-corrected chi connectivity index (χ3v) is 4.39. The molecule has 0 saturated carbocycles. The van der Waals surface area contributed by atoms with Crippen molar-refractivity contribution in [2.75, 3.05) is 7.05 Å². The average molecular weight is 326 g/mol. The van der Waals surface area contributed by atoms with Crippen molar-refractivity contribution in [1.29, 1.82) is 0 Å². The van der Waals surface area contributed by atoms with Crippen LogP contribution in [0.25, 0.3) is 16.3 Å². The molecule has 1 heterocycles. The zero-order chi connectivity index (χ0) is 16.2. The van der Waals surface area contributed by atoms with Crippen LogP contribution in [0.3, 0.4) is 0 Å². The molecule has 5 heteroatoms. The largest absolute Gasteiger partial charge is 0.338 e. The van der Waals surface area contributed by atoms with E-state index in [9.17, 15) is 9.18 Å². The number of amides is 1. The number of aromatic nitrogens is 1. The fourth-order valence-electron chi connectivity index (χ4n) is 2.17. The molecule has 0 aliphatic heterocycles. The van der Waals surface area contributed by atoms with Crippen LogP contribution < -0.4 is 0 Å². The number of thiazole rings is 1. The van der Waals surface area contributed by atoms with Gasteiger partial charge >= 0.3 is 0 Å². The lowest BCUT2D eigenvalue weighted by Gasteiger charge is -2.14. The molecule has 116 valence electrons. The second-order valence-electron chi connectivity index (χ2n) is 5.17. The molecule has 0 aliphatic carbocycles. The molecule has 0 unspecified atom stereocenters. The molecule has 2 aromatic carbocycles. The van der Waals surface area contributed by atoms with Crippen molar-refractivity contribution in [3.05, 3.63) is 71.0 Å². The molecule has 3 rings (SSSR count). The molecule has 0 radical (unpaired) electrons. The molecular weight excluding hydrogens is 311 g/mol. The topological polar surface area (TPSA) is 33.2 Å². The van der Waals surface area contributed by atoms with Crippen LogP contribution in [0.5, 0.6) is 0 Å². The van der Waals surface area contributed by atoms with Gasteiger partial charge in [0, 0.05) is 19.7 Å². The third kappa shape index (κ3) is 3.81. The van der Waals surface area contributed by atoms with E-state index in [1.54, 1.807) is 41.5 Å². The number of likely N-dealkylation sites (N-methyl/N-ethyl adjacent to an activating group) is 1. The van der Waals surface area contributed by atoms with Crippen molar-refractivity contribution in [1.82, 2.24) is 9.88 Å². The Morgan fingerprint density at radius 1 is 1.22 bits per heavy atom. The van der Waals surface area contributed by atoms with Crippen LogP contribution in [0.4, 0.5) is 4.39 Å². The number of halogens is 1. The van der Waals surface area contributed by atoms with E-state index in [0.29, 0.717) is 6.54 Å². The Balaban J connectivity index is 1.66. The van der Waals surface area contributed by atoms with E-state index in [0.717, 1.165) is 20.8 Å². The van der Waals surface area contributed by atoms with Crippen molar-refractivity contribution in [3.63, 3.8) is 0 Å². The van der Waals surface area contributed by atoms with Crippen molar-refractivity contribution >= 4 is 33.5 Å². The van der Waals surface area contributed by atoms with Gasteiger partial charge in [-0.3, -0.25) is 4.79 Å². The van der Waals surface area contributed by atoms with Gasteiger partial charge in [0.1, 0.15) is 10.8 Å². The number of carbonyl (C=O) groups is 1. The van der Waals surface area contributed by atoms with Crippen molar-refractivity contribution in [3.8, 4) is 0 Å². The molecule has 0 spiro atoms. The second kappa shape index (κ2) is 6.71. The Kier molecular flexibility index (Phi) is 4.48. The van der Waals surface area contributed by atoms with Crippen LogP contribution in [0.1, 0.15) is 10.6 Å². The molecule has 0 saturated heterocycles. The standard InChI is InChI=1S/C18H15FN2OS/c1-21(12-13-6-8-14(19)9-7-13)18(22)11-10-17-20-15-4-2-3-5-16(15)23-17/h2-11H,12H2,1H3/b11-10+. The maximum Gasteiger partial charge on any atom is 0.246 e. The van der Waals surface area contributed by atoms with Gasteiger partial charge in [0.25, 0.3) is 0 Å². The number of hydrogen-bond acceptors (Lipinski definition) is 3. The summed E-state index contributed by atoms with van der Waals surface area (Å²) in [6.07, 6.45) is 3.25. The highest BCUT2D eigenvalue weighted by molar-refractivity contribution is 7.19. The highest BCUT2D eigenvalue weighted by atomic mass is 32.1. The molecule has 0 N–H and O–H groups in total. The number of hydrogen-bond donors (Lipinski definition) is 0. The summed E-state index contributed by atoms with van der Waals surface area (Å²) >= 11 is 1.55. The normalized spacial score (nSPS) is 11.2. The summed E-state index contributed by atoms with van der Waals surface area (Å²) in [5.74, 6) is -0.396. The highest BCUT2D eigenvalue weighted by Gasteiger charge is 2.07. The van der Waals surface area contributed by atoms with Crippen molar-refractivity contribution < 1.29 is 9.18 Å². The van der Waals surface area contributed by atoms with E-state index in [1.807, 2.05) is 24.3 Å². The SMILES string of the molecule is CN(Cc1ccc(F)cc1)C(=O)/C=C/c1nc2ccccc2s1. The molecule has 3 nitrogen and oxygen atoms in total. The molecule has 0 aliphatic rings. The first kappa shape index (κ1) is 15.4. The lowest BCUT2D eigenvalue weighted by atomic mass is 10.2. The molecule has 1 aromatic heterocycles. The molecule has 0 atom stereocenters. The van der Waals surface area contributed by atoms with Gasteiger partial charge in [-0.25, -0.2) is 9.37 Å². The van der Waals surface area contributed by atoms with Crippen molar-refractivity contribution in [2.45, 2.75) is 6.54 Å². The summed E-state index contributed by atoms with van der Waals surface area (Å²) in [6, 6.07) is 14.0. The Hall–Kier alpha value is -2.53. The van der Waals surface area contributed by atoms with E-state index >= 15 is 0 Å². The predicted octanol–water partition coefficient (Wildman–Crippen LogP) is 4.11. The number of benzene rings is 2. The van der Waals surface area contributed by atoms with Gasteiger partial charge in [-0.2, -0.15) is 0 Å². The van der Waals surface area contributed by atoms with Gasteiger partial charge in [-0.05, 0) is 35.9 Å². The van der Waals surface area contributed by atoms with Crippen LogP contribution in [0, 0.1) is 5.82 Å². The van der Waals surface area contributed by atoms with E-state index in [2.05, 4.69) is 4.98 Å². The Morgan fingerprint density at radius 2 is 1.96 bits per heavy atom. The fourth-order valence-corrected chi connectivity index (χ4v) is 3.04. The van der Waals surface area contributed by atoms with Crippen LogP contribution in [0.15, 0.2) is 54.6 Å². The number of nitrogens with zero attached hydrogens (tertiary/aromatic N) is 2. The molecule has 23 heavy (non-hydrogen) atoms. The van der Waals surface area contributed by atoms with Crippen LogP contribution >= 0.6 is 11.3 Å². The molecule has 0 fully saturated rings. The van der Waals surface area contributed by atoms with Gasteiger partial charge in [-0.1, -0.05) is 24.3 Å². The summed E-state index contributed by atoms with van der Waals surface area (Å²) in [5, 5.41) is 0.801. The average Bonchev–Trinajstić information content (AvgIpc) is 2.97. The summed E-state index contributed by atoms with van der Waals surface area (Å²) < 4.78 is 14.0. The fraction of sp³-hybridized carbons (Fsp3) is 0.111. The Bertz CT molecular complexity index is 822. The van der Waals surface area contributed by atoms with Gasteiger partial charge < -0.3 is 4.90 Å². The first-order valence-corrected chi connectivity index (χ1v) is 7.97. The second-order valence-corrected chi connectivity index (χ2v) is 6.24. The minimum Gasteiger partial charge on any atom is -0.338 e. The predicted molar refractivity (Wildman–Crippen MR) is 91.5 cm³/mol. The quantitative estimate of drug-likeness (QED) is 0.676. The first-order valence-electron chi connectivity index (χ1n) is 7.15. The molecule has 3 aromatic rings. The van der Waals surface area contributed by atoms with Gasteiger partial charge in [0.15, 0.2) is 0 Å². The Labute approximate surface area is 137 Å². The van der Waals surface area contributed by atoms with E-state index in [-0.39, 0.29) is 11.7 Å². The molecule has 0 bridgehead atoms. The van der Waals surface area contributed by atoms with Crippen LogP contribution in [0.2, 0.25) is 0 Å².